The van der Waals surface area contributed by atoms with Crippen LogP contribution in [-0.2, 0) is 23.8 Å². The lowest BCUT2D eigenvalue weighted by Gasteiger charge is -2.23. The first-order valence-corrected chi connectivity index (χ1v) is 12.6. The van der Waals surface area contributed by atoms with Gasteiger partial charge in [-0.25, -0.2) is 4.21 Å². The fourth-order valence-electron chi connectivity index (χ4n) is 4.19. The highest BCUT2D eigenvalue weighted by molar-refractivity contribution is 7.85. The average molecular weight is 481 g/mol. The number of benzene rings is 4. The molecule has 2 amide bonds. The third kappa shape index (κ3) is 4.79. The summed E-state index contributed by atoms with van der Waals surface area (Å²) in [6.45, 7) is 0.793. The molecule has 1 atom stereocenters. The van der Waals surface area contributed by atoms with Crippen LogP contribution in [0.1, 0.15) is 31.8 Å². The second-order valence-electron chi connectivity index (χ2n) is 8.32. The number of nitrogens with one attached hydrogen (secondary N) is 1. The second-order valence-corrected chi connectivity index (χ2v) is 9.73. The van der Waals surface area contributed by atoms with E-state index in [9.17, 15) is 13.8 Å². The number of hydrogen-bond acceptors (Lipinski definition) is 3. The normalized spacial score (nSPS) is 14.6. The average Bonchev–Trinajstić information content (AvgIpc) is 2.99. The highest BCUT2D eigenvalue weighted by Gasteiger charge is 2.31. The lowest BCUT2D eigenvalue weighted by molar-refractivity contribution is 0.0950. The third-order valence-corrected chi connectivity index (χ3v) is 7.50. The van der Waals surface area contributed by atoms with Crippen LogP contribution in [0.2, 0.25) is 0 Å². The van der Waals surface area contributed by atoms with Crippen LogP contribution >= 0.6 is 0 Å². The monoisotopic (exact) mass is 480 g/mol. The van der Waals surface area contributed by atoms with Crippen LogP contribution in [0, 0.1) is 0 Å². The van der Waals surface area contributed by atoms with E-state index in [1.54, 1.807) is 47.4 Å². The summed E-state index contributed by atoms with van der Waals surface area (Å²) in [6, 6.07) is 31.6. The van der Waals surface area contributed by atoms with Gasteiger partial charge in [-0.05, 0) is 47.9 Å². The fraction of sp³-hybridized carbons (Fsp3) is 0.103. The van der Waals surface area contributed by atoms with Gasteiger partial charge >= 0.3 is 0 Å². The molecule has 35 heavy (non-hydrogen) atoms. The smallest absolute Gasteiger partial charge is 0.259 e. The Morgan fingerprint density at radius 1 is 0.771 bits per heavy atom. The minimum absolute atomic E-state index is 0.233. The van der Waals surface area contributed by atoms with Crippen LogP contribution in [0.15, 0.2) is 113 Å². The van der Waals surface area contributed by atoms with Crippen LogP contribution in [0.5, 0.6) is 0 Å². The minimum atomic E-state index is -1.55. The van der Waals surface area contributed by atoms with Crippen molar-refractivity contribution >= 4 is 28.3 Å². The van der Waals surface area contributed by atoms with Gasteiger partial charge in [0.1, 0.15) is 0 Å². The van der Waals surface area contributed by atoms with Crippen molar-refractivity contribution in [1.82, 2.24) is 5.32 Å². The zero-order valence-electron chi connectivity index (χ0n) is 19.0. The molecule has 1 aliphatic rings. The summed E-state index contributed by atoms with van der Waals surface area (Å²) in [7, 11) is -1.55. The molecule has 174 valence electrons. The van der Waals surface area contributed by atoms with Gasteiger partial charge < -0.3 is 10.2 Å². The standard InChI is InChI=1S/C29H24N2O3S/c32-28(30-18-17-21-9-3-1-4-10-21)23-15-16-27-25(19-23)31(20-22-11-5-2-6-12-22)29(33)24-13-7-8-14-26(24)35(27)34/h1-16,19H,17-18,20H2,(H,30,32). The van der Waals surface area contributed by atoms with Crippen molar-refractivity contribution in [3.8, 4) is 0 Å². The Labute approximate surface area is 206 Å². The van der Waals surface area contributed by atoms with E-state index in [1.165, 1.54) is 0 Å². The molecule has 6 heteroatoms. The van der Waals surface area contributed by atoms with Gasteiger partial charge in [0.25, 0.3) is 11.8 Å². The van der Waals surface area contributed by atoms with Crippen molar-refractivity contribution in [1.29, 1.82) is 0 Å². The van der Waals surface area contributed by atoms with Gasteiger partial charge in [-0.2, -0.15) is 0 Å². The number of anilines is 1. The van der Waals surface area contributed by atoms with Gasteiger partial charge in [0.2, 0.25) is 0 Å². The number of carbonyl (C=O) groups is 2. The van der Waals surface area contributed by atoms with Crippen molar-refractivity contribution in [2.45, 2.75) is 22.8 Å². The molecule has 0 bridgehead atoms. The maximum Gasteiger partial charge on any atom is 0.259 e. The number of hydrogen-bond donors (Lipinski definition) is 1. The van der Waals surface area contributed by atoms with Gasteiger partial charge in [0.15, 0.2) is 0 Å². The Morgan fingerprint density at radius 2 is 1.43 bits per heavy atom. The van der Waals surface area contributed by atoms with Crippen LogP contribution in [0.4, 0.5) is 5.69 Å². The van der Waals surface area contributed by atoms with Gasteiger partial charge in [0, 0.05) is 12.1 Å². The molecule has 0 saturated heterocycles. The van der Waals surface area contributed by atoms with Crippen LogP contribution in [0.25, 0.3) is 0 Å². The predicted octanol–water partition coefficient (Wildman–Crippen LogP) is 4.99. The molecule has 1 N–H and O–H groups in total. The summed E-state index contributed by atoms with van der Waals surface area (Å²) >= 11 is 0. The number of carbonyl (C=O) groups excluding carboxylic acids is 2. The zero-order valence-corrected chi connectivity index (χ0v) is 19.8. The Kier molecular flexibility index (Phi) is 6.55. The summed E-state index contributed by atoms with van der Waals surface area (Å²) < 4.78 is 13.5. The summed E-state index contributed by atoms with van der Waals surface area (Å²) in [5.74, 6) is -0.471. The Morgan fingerprint density at radius 3 is 2.17 bits per heavy atom. The molecule has 1 aliphatic heterocycles. The maximum absolute atomic E-state index is 13.7. The molecule has 0 fully saturated rings. The first-order valence-electron chi connectivity index (χ1n) is 11.4. The predicted molar refractivity (Wildman–Crippen MR) is 137 cm³/mol. The number of amides is 2. The molecule has 0 saturated carbocycles. The molecule has 5 rings (SSSR count). The van der Waals surface area contributed by atoms with Gasteiger partial charge in [-0.15, -0.1) is 0 Å². The van der Waals surface area contributed by atoms with Crippen molar-refractivity contribution in [2.24, 2.45) is 0 Å². The number of nitrogens with zero attached hydrogens (tertiary/aromatic N) is 1. The SMILES string of the molecule is O=C(NCCc1ccccc1)c1ccc2c(c1)N(Cc1ccccc1)C(=O)c1ccccc1S2=O. The van der Waals surface area contributed by atoms with E-state index in [-0.39, 0.29) is 11.8 Å². The molecular formula is C29H24N2O3S. The topological polar surface area (TPSA) is 66.5 Å². The molecular weight excluding hydrogens is 456 g/mol. The van der Waals surface area contributed by atoms with E-state index in [1.807, 2.05) is 60.7 Å². The second kappa shape index (κ2) is 10.1. The fourth-order valence-corrected chi connectivity index (χ4v) is 5.54. The third-order valence-electron chi connectivity index (χ3n) is 6.00. The first-order chi connectivity index (χ1) is 17.1. The van der Waals surface area contributed by atoms with E-state index in [0.717, 1.165) is 17.5 Å². The highest BCUT2D eigenvalue weighted by atomic mass is 32.2. The molecule has 5 nitrogen and oxygen atoms in total. The zero-order chi connectivity index (χ0) is 24.2. The van der Waals surface area contributed by atoms with E-state index in [4.69, 9.17) is 0 Å². The summed E-state index contributed by atoms with van der Waals surface area (Å²) in [6.07, 6.45) is 0.718. The Hall–Kier alpha value is -4.03. The van der Waals surface area contributed by atoms with Gasteiger partial charge in [-0.3, -0.25) is 9.59 Å². The molecule has 0 aliphatic carbocycles. The largest absolute Gasteiger partial charge is 0.352 e. The van der Waals surface area contributed by atoms with E-state index < -0.39 is 10.8 Å². The minimum Gasteiger partial charge on any atom is -0.352 e. The van der Waals surface area contributed by atoms with Crippen molar-refractivity contribution in [3.05, 3.63) is 125 Å². The summed E-state index contributed by atoms with van der Waals surface area (Å²) in [4.78, 5) is 29.2. The Bertz CT molecular complexity index is 1400. The Balaban J connectivity index is 1.48. The first kappa shape index (κ1) is 22.7. The van der Waals surface area contributed by atoms with Crippen molar-refractivity contribution < 1.29 is 13.8 Å². The number of fused-ring (bicyclic) bond motifs is 2. The molecule has 1 heterocycles. The molecule has 0 spiro atoms. The molecule has 1 unspecified atom stereocenters. The lowest BCUT2D eigenvalue weighted by Crippen LogP contribution is -2.31. The highest BCUT2D eigenvalue weighted by Crippen LogP contribution is 2.36. The van der Waals surface area contributed by atoms with Gasteiger partial charge in [0.05, 0.1) is 38.4 Å². The summed E-state index contributed by atoms with van der Waals surface area (Å²) in [5, 5.41) is 2.96. The van der Waals surface area contributed by atoms with Gasteiger partial charge in [-0.1, -0.05) is 72.8 Å². The van der Waals surface area contributed by atoms with E-state index >= 15 is 0 Å². The van der Waals surface area contributed by atoms with Crippen molar-refractivity contribution in [3.63, 3.8) is 0 Å². The number of rotatable bonds is 6. The quantitative estimate of drug-likeness (QED) is 0.423. The molecule has 0 radical (unpaired) electrons. The van der Waals surface area contributed by atoms with E-state index in [2.05, 4.69) is 5.32 Å². The van der Waals surface area contributed by atoms with E-state index in [0.29, 0.717) is 39.7 Å². The maximum atomic E-state index is 13.7. The summed E-state index contributed by atoms with van der Waals surface area (Å²) in [5.41, 5.74) is 3.40. The molecule has 4 aromatic carbocycles. The molecule has 0 aromatic heterocycles. The van der Waals surface area contributed by atoms with Crippen molar-refractivity contribution in [2.75, 3.05) is 11.4 Å². The van der Waals surface area contributed by atoms with Crippen LogP contribution in [0.3, 0.4) is 0 Å². The molecule has 4 aromatic rings. The van der Waals surface area contributed by atoms with Crippen LogP contribution in [-0.4, -0.2) is 22.6 Å². The van der Waals surface area contributed by atoms with Crippen LogP contribution < -0.4 is 10.2 Å². The lowest BCUT2D eigenvalue weighted by atomic mass is 10.1.